The monoisotopic (exact) mass is 531 g/mol. The van der Waals surface area contributed by atoms with Crippen molar-refractivity contribution in [3.05, 3.63) is 77.4 Å². The summed E-state index contributed by atoms with van der Waals surface area (Å²) in [5, 5.41) is 5.85. The second-order valence-electron chi connectivity index (χ2n) is 10.0. The van der Waals surface area contributed by atoms with Crippen LogP contribution in [0.3, 0.4) is 0 Å². The van der Waals surface area contributed by atoms with E-state index in [4.69, 9.17) is 9.47 Å². The maximum Gasteiger partial charge on any atom is 0.274 e. The van der Waals surface area contributed by atoms with Crippen LogP contribution >= 0.6 is 0 Å². The number of amides is 3. The van der Waals surface area contributed by atoms with E-state index in [1.807, 2.05) is 55.5 Å². The summed E-state index contributed by atoms with van der Waals surface area (Å²) >= 11 is 0. The SMILES string of the molecule is CCOc1ccc(CNC(=O)c2ncn3c2C(=O)N(C2CC2)C(C)(C(=O)NCc2ccccc2OC)C3)cc1. The van der Waals surface area contributed by atoms with Gasteiger partial charge in [-0.3, -0.25) is 14.4 Å². The van der Waals surface area contributed by atoms with Gasteiger partial charge in [0.1, 0.15) is 22.7 Å². The number of methoxy groups -OCH3 is 1. The Hall–Kier alpha value is -4.34. The number of nitrogens with zero attached hydrogens (tertiary/aromatic N) is 3. The van der Waals surface area contributed by atoms with Crippen molar-refractivity contribution >= 4 is 17.7 Å². The predicted molar refractivity (Wildman–Crippen MR) is 143 cm³/mol. The van der Waals surface area contributed by atoms with E-state index in [0.29, 0.717) is 12.4 Å². The molecule has 1 fully saturated rings. The van der Waals surface area contributed by atoms with Crippen LogP contribution in [0.25, 0.3) is 0 Å². The normalized spacial score (nSPS) is 18.3. The molecule has 10 heteroatoms. The van der Waals surface area contributed by atoms with Crippen LogP contribution in [-0.2, 0) is 24.4 Å². The van der Waals surface area contributed by atoms with Crippen molar-refractivity contribution in [1.82, 2.24) is 25.1 Å². The van der Waals surface area contributed by atoms with Crippen LogP contribution < -0.4 is 20.1 Å². The summed E-state index contributed by atoms with van der Waals surface area (Å²) in [5.74, 6) is 0.374. The molecule has 2 aliphatic rings. The Bertz CT molecular complexity index is 1380. The van der Waals surface area contributed by atoms with Gasteiger partial charge in [-0.2, -0.15) is 0 Å². The Morgan fingerprint density at radius 3 is 2.51 bits per heavy atom. The van der Waals surface area contributed by atoms with E-state index in [1.54, 1.807) is 23.5 Å². The molecular weight excluding hydrogens is 498 g/mol. The molecule has 1 aliphatic heterocycles. The average molecular weight is 532 g/mol. The molecule has 1 aliphatic carbocycles. The van der Waals surface area contributed by atoms with Crippen molar-refractivity contribution < 1.29 is 23.9 Å². The quantitative estimate of drug-likeness (QED) is 0.416. The van der Waals surface area contributed by atoms with Crippen LogP contribution in [0.15, 0.2) is 54.9 Å². The summed E-state index contributed by atoms with van der Waals surface area (Å²) in [6.45, 7) is 5.01. The van der Waals surface area contributed by atoms with Gasteiger partial charge in [-0.05, 0) is 50.5 Å². The molecule has 1 saturated carbocycles. The summed E-state index contributed by atoms with van der Waals surface area (Å²) < 4.78 is 12.5. The second-order valence-corrected chi connectivity index (χ2v) is 10.0. The van der Waals surface area contributed by atoms with Gasteiger partial charge in [-0.1, -0.05) is 30.3 Å². The Labute approximate surface area is 227 Å². The first kappa shape index (κ1) is 26.3. The van der Waals surface area contributed by atoms with Crippen LogP contribution in [0.1, 0.15) is 58.8 Å². The van der Waals surface area contributed by atoms with Gasteiger partial charge in [0.2, 0.25) is 5.91 Å². The summed E-state index contributed by atoms with van der Waals surface area (Å²) in [6.07, 6.45) is 3.10. The third-order valence-corrected chi connectivity index (χ3v) is 7.20. The minimum atomic E-state index is -1.13. The topological polar surface area (TPSA) is 115 Å². The van der Waals surface area contributed by atoms with Gasteiger partial charge in [0, 0.05) is 24.7 Å². The fourth-order valence-electron chi connectivity index (χ4n) is 5.07. The fourth-order valence-corrected chi connectivity index (χ4v) is 5.07. The number of imidazole rings is 1. The summed E-state index contributed by atoms with van der Waals surface area (Å²) in [6, 6.07) is 14.9. The van der Waals surface area contributed by atoms with Crippen LogP contribution in [-0.4, -0.2) is 57.5 Å². The van der Waals surface area contributed by atoms with Crippen LogP contribution in [0.4, 0.5) is 0 Å². The van der Waals surface area contributed by atoms with E-state index < -0.39 is 11.4 Å². The Morgan fingerprint density at radius 2 is 1.82 bits per heavy atom. The molecule has 2 N–H and O–H groups in total. The highest BCUT2D eigenvalue weighted by molar-refractivity contribution is 6.07. The lowest BCUT2D eigenvalue weighted by Gasteiger charge is -2.44. The van der Waals surface area contributed by atoms with E-state index in [0.717, 1.165) is 29.7 Å². The molecule has 5 rings (SSSR count). The molecule has 0 spiro atoms. The molecule has 1 aromatic heterocycles. The molecule has 1 unspecified atom stereocenters. The molecule has 2 aromatic carbocycles. The highest BCUT2D eigenvalue weighted by atomic mass is 16.5. The molecule has 3 amide bonds. The van der Waals surface area contributed by atoms with Crippen molar-refractivity contribution in [2.45, 2.75) is 57.9 Å². The number of fused-ring (bicyclic) bond motifs is 1. The van der Waals surface area contributed by atoms with Crippen molar-refractivity contribution in [1.29, 1.82) is 0 Å². The van der Waals surface area contributed by atoms with Crippen LogP contribution in [0, 0.1) is 0 Å². The fraction of sp³-hybridized carbons (Fsp3) is 0.379. The lowest BCUT2D eigenvalue weighted by molar-refractivity contribution is -0.133. The third kappa shape index (κ3) is 5.19. The lowest BCUT2D eigenvalue weighted by atomic mass is 9.93. The molecule has 1 atom stereocenters. The second kappa shape index (κ2) is 10.8. The minimum absolute atomic E-state index is 0.0528. The van der Waals surface area contributed by atoms with Crippen molar-refractivity contribution in [2.24, 2.45) is 0 Å². The molecule has 39 heavy (non-hydrogen) atoms. The number of carbonyl (C=O) groups is 3. The minimum Gasteiger partial charge on any atom is -0.496 e. The number of hydrogen-bond donors (Lipinski definition) is 2. The first-order valence-corrected chi connectivity index (χ1v) is 13.1. The molecule has 3 aromatic rings. The first-order chi connectivity index (χ1) is 18.9. The van der Waals surface area contributed by atoms with Crippen molar-refractivity contribution in [3.63, 3.8) is 0 Å². The lowest BCUT2D eigenvalue weighted by Crippen LogP contribution is -2.64. The highest BCUT2D eigenvalue weighted by Crippen LogP contribution is 2.39. The molecule has 10 nitrogen and oxygen atoms in total. The molecule has 204 valence electrons. The number of benzene rings is 2. The zero-order valence-corrected chi connectivity index (χ0v) is 22.4. The zero-order chi connectivity index (χ0) is 27.6. The summed E-state index contributed by atoms with van der Waals surface area (Å²) in [5.41, 5.74) is 0.871. The number of rotatable bonds is 10. The Morgan fingerprint density at radius 1 is 1.08 bits per heavy atom. The average Bonchev–Trinajstić information content (AvgIpc) is 3.68. The molecule has 2 heterocycles. The van der Waals surface area contributed by atoms with E-state index in [2.05, 4.69) is 15.6 Å². The number of ether oxygens (including phenoxy) is 2. The Kier molecular flexibility index (Phi) is 7.28. The van der Waals surface area contributed by atoms with Gasteiger partial charge < -0.3 is 29.6 Å². The van der Waals surface area contributed by atoms with Crippen molar-refractivity contribution in [2.75, 3.05) is 13.7 Å². The van der Waals surface area contributed by atoms with E-state index >= 15 is 0 Å². The molecule has 0 bridgehead atoms. The number of hydrogen-bond acceptors (Lipinski definition) is 6. The highest BCUT2D eigenvalue weighted by Gasteiger charge is 2.53. The largest absolute Gasteiger partial charge is 0.496 e. The third-order valence-electron chi connectivity index (χ3n) is 7.20. The molecule has 0 saturated heterocycles. The number of nitrogens with one attached hydrogen (secondary N) is 2. The standard InChI is InChI=1S/C29H33N5O5/c1-4-39-22-13-9-19(10-14-22)15-30-26(35)24-25-27(36)34(21-11-12-21)29(2,17-33(25)18-32-24)28(37)31-16-20-7-5-6-8-23(20)38-3/h5-10,13-14,18,21H,4,11-12,15-17H2,1-3H3,(H,30,35)(H,31,37). The molecule has 0 radical (unpaired) electrons. The smallest absolute Gasteiger partial charge is 0.274 e. The first-order valence-electron chi connectivity index (χ1n) is 13.1. The number of carbonyl (C=O) groups excluding carboxylic acids is 3. The van der Waals surface area contributed by atoms with E-state index in [-0.39, 0.29) is 48.9 Å². The Balaban J connectivity index is 1.32. The molecular formula is C29H33N5O5. The van der Waals surface area contributed by atoms with Gasteiger partial charge in [0.05, 0.1) is 26.6 Å². The van der Waals surface area contributed by atoms with E-state index in [1.165, 1.54) is 6.33 Å². The van der Waals surface area contributed by atoms with Gasteiger partial charge in [0.25, 0.3) is 11.8 Å². The van der Waals surface area contributed by atoms with Crippen molar-refractivity contribution in [3.8, 4) is 11.5 Å². The number of aromatic nitrogens is 2. The predicted octanol–water partition coefficient (Wildman–Crippen LogP) is 2.91. The van der Waals surface area contributed by atoms with Crippen LogP contribution in [0.2, 0.25) is 0 Å². The maximum atomic E-state index is 13.8. The zero-order valence-electron chi connectivity index (χ0n) is 22.4. The number of para-hydroxylation sites is 1. The van der Waals surface area contributed by atoms with Gasteiger partial charge in [-0.25, -0.2) is 4.98 Å². The van der Waals surface area contributed by atoms with Crippen LogP contribution in [0.5, 0.6) is 11.5 Å². The maximum absolute atomic E-state index is 13.8. The summed E-state index contributed by atoms with van der Waals surface area (Å²) in [4.78, 5) is 46.4. The van der Waals surface area contributed by atoms with Gasteiger partial charge in [0.15, 0.2) is 5.69 Å². The van der Waals surface area contributed by atoms with Gasteiger partial charge >= 0.3 is 0 Å². The summed E-state index contributed by atoms with van der Waals surface area (Å²) in [7, 11) is 1.59. The van der Waals surface area contributed by atoms with Gasteiger partial charge in [-0.15, -0.1) is 0 Å². The van der Waals surface area contributed by atoms with E-state index in [9.17, 15) is 14.4 Å².